The predicted octanol–water partition coefficient (Wildman–Crippen LogP) is 4.14. The van der Waals surface area contributed by atoms with Gasteiger partial charge < -0.3 is 9.15 Å². The highest BCUT2D eigenvalue weighted by molar-refractivity contribution is 7.85. The number of fused-ring (bicyclic) bond motifs is 1. The van der Waals surface area contributed by atoms with Crippen molar-refractivity contribution in [3.05, 3.63) is 65.2 Å². The molecule has 2 N–H and O–H groups in total. The molecule has 1 fully saturated rings. The Hall–Kier alpha value is -2.26. The Bertz CT molecular complexity index is 1140. The third kappa shape index (κ3) is 4.35. The predicted molar refractivity (Wildman–Crippen MR) is 106 cm³/mol. The average Bonchev–Trinajstić information content (AvgIpc) is 3.12. The van der Waals surface area contributed by atoms with Crippen LogP contribution in [0, 0.1) is 12.7 Å². The van der Waals surface area contributed by atoms with E-state index in [2.05, 4.69) is 5.32 Å². The van der Waals surface area contributed by atoms with E-state index >= 15 is 0 Å². The second-order valence-electron chi connectivity index (χ2n) is 7.39. The number of furan rings is 1. The van der Waals surface area contributed by atoms with Crippen LogP contribution < -0.4 is 5.32 Å². The molecule has 0 radical (unpaired) electrons. The smallest absolute Gasteiger partial charge is 0.294 e. The number of nitrogens with one attached hydrogen (secondary N) is 1. The number of hydrogen-bond donors (Lipinski definition) is 2. The lowest BCUT2D eigenvalue weighted by atomic mass is 9.88. The van der Waals surface area contributed by atoms with Crippen LogP contribution in [-0.4, -0.2) is 25.7 Å². The Balaban J connectivity index is 1.50. The lowest BCUT2D eigenvalue weighted by molar-refractivity contribution is -0.00534. The van der Waals surface area contributed by atoms with Crippen LogP contribution in [-0.2, 0) is 21.5 Å². The van der Waals surface area contributed by atoms with Gasteiger partial charge in [0.05, 0.1) is 17.8 Å². The molecular weight excluding hydrogens is 397 g/mol. The molecule has 0 amide bonds. The summed E-state index contributed by atoms with van der Waals surface area (Å²) in [4.78, 5) is -0.0666. The van der Waals surface area contributed by atoms with Crippen molar-refractivity contribution in [2.75, 3.05) is 6.54 Å². The molecule has 0 bridgehead atoms. The fraction of sp³-hybridized carbons (Fsp3) is 0.333. The van der Waals surface area contributed by atoms with Crippen molar-refractivity contribution in [3.8, 4) is 0 Å². The van der Waals surface area contributed by atoms with E-state index in [9.17, 15) is 17.4 Å². The molecule has 1 aliphatic heterocycles. The van der Waals surface area contributed by atoms with Gasteiger partial charge in [-0.25, -0.2) is 4.39 Å². The van der Waals surface area contributed by atoms with Crippen molar-refractivity contribution in [3.63, 3.8) is 0 Å². The Morgan fingerprint density at radius 3 is 2.90 bits per heavy atom. The Labute approximate surface area is 168 Å². The first kappa shape index (κ1) is 20.0. The maximum absolute atomic E-state index is 14.3. The second kappa shape index (κ2) is 7.87. The van der Waals surface area contributed by atoms with Crippen LogP contribution in [0.4, 0.5) is 4.39 Å². The summed E-state index contributed by atoms with van der Waals surface area (Å²) in [7, 11) is -4.31. The van der Waals surface area contributed by atoms with Crippen LogP contribution in [0.2, 0.25) is 0 Å². The Kier molecular flexibility index (Phi) is 5.44. The van der Waals surface area contributed by atoms with Crippen molar-refractivity contribution in [1.29, 1.82) is 0 Å². The van der Waals surface area contributed by atoms with Crippen molar-refractivity contribution in [1.82, 2.24) is 5.32 Å². The molecule has 6 nitrogen and oxygen atoms in total. The molecule has 154 valence electrons. The number of aryl methyl sites for hydroxylation is 1. The first-order valence-electron chi connectivity index (χ1n) is 9.40. The Morgan fingerprint density at radius 2 is 2.10 bits per heavy atom. The summed E-state index contributed by atoms with van der Waals surface area (Å²) in [5, 5.41) is 3.93. The molecule has 0 spiro atoms. The van der Waals surface area contributed by atoms with Gasteiger partial charge in [0.2, 0.25) is 0 Å². The van der Waals surface area contributed by atoms with E-state index < -0.39 is 10.1 Å². The zero-order valence-corrected chi connectivity index (χ0v) is 16.7. The van der Waals surface area contributed by atoms with Crippen molar-refractivity contribution >= 4 is 21.1 Å². The van der Waals surface area contributed by atoms with Gasteiger partial charge in [-0.1, -0.05) is 17.7 Å². The van der Waals surface area contributed by atoms with Gasteiger partial charge in [0.25, 0.3) is 10.1 Å². The summed E-state index contributed by atoms with van der Waals surface area (Å²) in [5.41, 5.74) is 2.49. The van der Waals surface area contributed by atoms with E-state index in [0.29, 0.717) is 41.5 Å². The molecule has 2 unspecified atom stereocenters. The third-order valence-corrected chi connectivity index (χ3v) is 6.24. The number of ether oxygens (including phenoxy) is 1. The van der Waals surface area contributed by atoms with E-state index in [0.717, 1.165) is 5.56 Å². The molecule has 0 saturated carbocycles. The molecule has 3 aromatic rings. The number of piperidine rings is 1. The number of hydrogen-bond acceptors (Lipinski definition) is 5. The van der Waals surface area contributed by atoms with Gasteiger partial charge in [-0.15, -0.1) is 0 Å². The highest BCUT2D eigenvalue weighted by Crippen LogP contribution is 2.33. The van der Waals surface area contributed by atoms with E-state index in [1.807, 2.05) is 6.92 Å². The number of halogens is 1. The monoisotopic (exact) mass is 419 g/mol. The molecule has 29 heavy (non-hydrogen) atoms. The van der Waals surface area contributed by atoms with Gasteiger partial charge in [0.15, 0.2) is 0 Å². The van der Waals surface area contributed by atoms with Gasteiger partial charge in [0, 0.05) is 10.9 Å². The summed E-state index contributed by atoms with van der Waals surface area (Å²) >= 11 is 0. The zero-order valence-electron chi connectivity index (χ0n) is 15.9. The van der Waals surface area contributed by atoms with Gasteiger partial charge in [0.1, 0.15) is 17.6 Å². The molecule has 0 aliphatic carbocycles. The van der Waals surface area contributed by atoms with Crippen molar-refractivity contribution < 1.29 is 26.5 Å². The molecule has 1 aromatic heterocycles. The van der Waals surface area contributed by atoms with Gasteiger partial charge in [-0.2, -0.15) is 8.42 Å². The lowest BCUT2D eigenvalue weighted by Crippen LogP contribution is -2.39. The van der Waals surface area contributed by atoms with Crippen molar-refractivity contribution in [2.45, 2.75) is 43.4 Å². The molecule has 2 heterocycles. The molecule has 4 rings (SSSR count). The molecule has 1 saturated heterocycles. The summed E-state index contributed by atoms with van der Waals surface area (Å²) in [6, 6.07) is 9.63. The van der Waals surface area contributed by atoms with Crippen molar-refractivity contribution in [2.24, 2.45) is 0 Å². The minimum absolute atomic E-state index is 0.0613. The number of benzene rings is 2. The normalized spacial score (nSPS) is 20.2. The zero-order chi connectivity index (χ0) is 20.6. The largest absolute Gasteiger partial charge is 0.464 e. The van der Waals surface area contributed by atoms with Crippen LogP contribution in [0.1, 0.15) is 35.4 Å². The Morgan fingerprint density at radius 1 is 1.28 bits per heavy atom. The summed E-state index contributed by atoms with van der Waals surface area (Å²) < 4.78 is 58.6. The first-order chi connectivity index (χ1) is 13.8. The minimum atomic E-state index is -4.31. The molecule has 1 aliphatic rings. The highest BCUT2D eigenvalue weighted by Gasteiger charge is 2.28. The molecule has 2 aromatic carbocycles. The topological polar surface area (TPSA) is 88.8 Å². The highest BCUT2D eigenvalue weighted by atomic mass is 32.2. The van der Waals surface area contributed by atoms with E-state index in [4.69, 9.17) is 9.15 Å². The molecular formula is C21H22FNO5S. The summed E-state index contributed by atoms with van der Waals surface area (Å²) in [5.74, 6) is -0.464. The number of rotatable bonds is 5. The van der Waals surface area contributed by atoms with Crippen LogP contribution in [0.5, 0.6) is 0 Å². The first-order valence-corrected chi connectivity index (χ1v) is 10.8. The van der Waals surface area contributed by atoms with Crippen LogP contribution >= 0.6 is 0 Å². The molecule has 2 atom stereocenters. The quantitative estimate of drug-likeness (QED) is 0.605. The fourth-order valence-corrected chi connectivity index (χ4v) is 4.60. The van der Waals surface area contributed by atoms with Gasteiger partial charge >= 0.3 is 0 Å². The van der Waals surface area contributed by atoms with Crippen LogP contribution in [0.15, 0.2) is 52.0 Å². The minimum Gasteiger partial charge on any atom is -0.464 e. The van der Waals surface area contributed by atoms with Gasteiger partial charge in [-0.3, -0.25) is 9.87 Å². The van der Waals surface area contributed by atoms with Crippen LogP contribution in [0.25, 0.3) is 11.0 Å². The average molecular weight is 419 g/mol. The summed E-state index contributed by atoms with van der Waals surface area (Å²) in [6.45, 7) is 2.56. The lowest BCUT2D eigenvalue weighted by Gasteiger charge is -2.31. The second-order valence-corrected chi connectivity index (χ2v) is 8.78. The summed E-state index contributed by atoms with van der Waals surface area (Å²) in [6.07, 6.45) is 2.36. The van der Waals surface area contributed by atoms with E-state index in [1.165, 1.54) is 18.4 Å². The van der Waals surface area contributed by atoms with Gasteiger partial charge in [-0.05, 0) is 62.1 Å². The maximum atomic E-state index is 14.3. The van der Waals surface area contributed by atoms with E-state index in [1.54, 1.807) is 24.3 Å². The van der Waals surface area contributed by atoms with Crippen LogP contribution in [0.3, 0.4) is 0 Å². The SMILES string of the molecule is Cc1ccc(S(=O)(=O)O)c(C2CCNC(OCc3cc4occc4cc3F)C2)c1. The van der Waals surface area contributed by atoms with E-state index in [-0.39, 0.29) is 29.5 Å². The standard InChI is InChI=1S/C21H22FNO5S/c1-13-2-3-20(29(24,25)26)17(8-13)14-4-6-23-21(11-14)28-12-16-10-19-15(5-7-27-19)9-18(16)22/h2-3,5,7-10,14,21,23H,4,6,11-12H2,1H3,(H,24,25,26). The maximum Gasteiger partial charge on any atom is 0.294 e. The fourth-order valence-electron chi connectivity index (χ4n) is 3.83. The third-order valence-electron chi connectivity index (χ3n) is 5.31. The molecule has 8 heteroatoms.